The molecule has 1 nitrogen and oxygen atoms in total. The molecule has 0 bridgehead atoms. The van der Waals surface area contributed by atoms with Gasteiger partial charge in [0.1, 0.15) is 11.2 Å². The lowest BCUT2D eigenvalue weighted by atomic mass is 9.85. The van der Waals surface area contributed by atoms with E-state index in [2.05, 4.69) is 170 Å². The molecule has 10 rings (SSSR count). The van der Waals surface area contributed by atoms with Gasteiger partial charge < -0.3 is 4.42 Å². The van der Waals surface area contributed by atoms with Crippen LogP contribution < -0.4 is 0 Å². The Hall–Kier alpha value is -6.18. The van der Waals surface area contributed by atoms with Crippen LogP contribution in [0.1, 0.15) is 0 Å². The zero-order chi connectivity index (χ0) is 30.9. The second kappa shape index (κ2) is 10.2. The second-order valence-electron chi connectivity index (χ2n) is 12.4. The van der Waals surface area contributed by atoms with Crippen LogP contribution in [0.25, 0.3) is 98.4 Å². The highest BCUT2D eigenvalue weighted by atomic mass is 16.3. The number of hydrogen-bond acceptors (Lipinski definition) is 1. The third kappa shape index (κ3) is 3.97. The van der Waals surface area contributed by atoms with Crippen LogP contribution in [-0.4, -0.2) is 0 Å². The summed E-state index contributed by atoms with van der Waals surface area (Å²) >= 11 is 0. The van der Waals surface area contributed by atoms with Crippen LogP contribution in [0, 0.1) is 0 Å². The third-order valence-electron chi connectivity index (χ3n) is 9.82. The fraction of sp³-hybridized carbons (Fsp3) is 0. The summed E-state index contributed by atoms with van der Waals surface area (Å²) in [6.07, 6.45) is 0. The van der Waals surface area contributed by atoms with Crippen LogP contribution in [0.3, 0.4) is 0 Å². The Kier molecular flexibility index (Phi) is 5.64. The lowest BCUT2D eigenvalue weighted by Crippen LogP contribution is -1.91. The molecular formula is C46H28O. The van der Waals surface area contributed by atoms with Crippen molar-refractivity contribution < 1.29 is 4.42 Å². The summed E-state index contributed by atoms with van der Waals surface area (Å²) in [5, 5.41) is 12.3. The second-order valence-corrected chi connectivity index (χ2v) is 12.4. The monoisotopic (exact) mass is 596 g/mol. The molecule has 0 aliphatic carbocycles. The number of rotatable bonds is 3. The zero-order valence-corrected chi connectivity index (χ0v) is 25.6. The maximum Gasteiger partial charge on any atom is 0.136 e. The van der Waals surface area contributed by atoms with Gasteiger partial charge in [-0.15, -0.1) is 0 Å². The van der Waals surface area contributed by atoms with E-state index >= 15 is 0 Å². The largest absolute Gasteiger partial charge is 0.456 e. The number of hydrogen-bond donors (Lipinski definition) is 0. The Labute approximate surface area is 271 Å². The lowest BCUT2D eigenvalue weighted by molar-refractivity contribution is 0.669. The van der Waals surface area contributed by atoms with Gasteiger partial charge in [-0.25, -0.2) is 0 Å². The topological polar surface area (TPSA) is 13.1 Å². The van der Waals surface area contributed by atoms with Gasteiger partial charge in [0.15, 0.2) is 0 Å². The molecule has 1 heteroatoms. The van der Waals surface area contributed by atoms with Crippen molar-refractivity contribution in [1.82, 2.24) is 0 Å². The Bertz CT molecular complexity index is 2780. The summed E-state index contributed by atoms with van der Waals surface area (Å²) in [4.78, 5) is 0. The SMILES string of the molecule is c1ccc(-c2cc3oc4ccc(-c5c6ccccc6c(-c6ccc7ccccc7c6)c6ccccc56)cc4c3c3ccccc23)cc1. The Balaban J connectivity index is 1.27. The molecule has 0 saturated heterocycles. The summed E-state index contributed by atoms with van der Waals surface area (Å²) < 4.78 is 6.60. The van der Waals surface area contributed by atoms with E-state index < -0.39 is 0 Å². The van der Waals surface area contributed by atoms with Crippen LogP contribution in [0.2, 0.25) is 0 Å². The Morgan fingerprint density at radius 1 is 0.298 bits per heavy atom. The zero-order valence-electron chi connectivity index (χ0n) is 25.6. The van der Waals surface area contributed by atoms with Crippen molar-refractivity contribution in [2.75, 3.05) is 0 Å². The molecule has 0 saturated carbocycles. The first kappa shape index (κ1) is 26.1. The van der Waals surface area contributed by atoms with Crippen LogP contribution in [0.5, 0.6) is 0 Å². The summed E-state index contributed by atoms with van der Waals surface area (Å²) in [5.74, 6) is 0. The van der Waals surface area contributed by atoms with Gasteiger partial charge in [-0.3, -0.25) is 0 Å². The van der Waals surface area contributed by atoms with Crippen LogP contribution >= 0.6 is 0 Å². The van der Waals surface area contributed by atoms with Crippen LogP contribution in [0.15, 0.2) is 174 Å². The smallest absolute Gasteiger partial charge is 0.136 e. The molecule has 0 radical (unpaired) electrons. The van der Waals surface area contributed by atoms with E-state index in [4.69, 9.17) is 4.42 Å². The average molecular weight is 597 g/mol. The van der Waals surface area contributed by atoms with Gasteiger partial charge in [0, 0.05) is 10.8 Å². The predicted octanol–water partition coefficient (Wildman–Crippen LogP) is 13.2. The Morgan fingerprint density at radius 2 is 0.830 bits per heavy atom. The molecule has 1 heterocycles. The van der Waals surface area contributed by atoms with Crippen molar-refractivity contribution in [2.24, 2.45) is 0 Å². The van der Waals surface area contributed by atoms with E-state index in [9.17, 15) is 0 Å². The summed E-state index contributed by atoms with van der Waals surface area (Å²) in [7, 11) is 0. The van der Waals surface area contributed by atoms with E-state index in [0.29, 0.717) is 0 Å². The molecular weight excluding hydrogens is 569 g/mol. The first-order valence-electron chi connectivity index (χ1n) is 16.2. The van der Waals surface area contributed by atoms with E-state index in [1.165, 1.54) is 81.9 Å². The van der Waals surface area contributed by atoms with E-state index in [-0.39, 0.29) is 0 Å². The first-order valence-corrected chi connectivity index (χ1v) is 16.2. The normalized spacial score (nSPS) is 11.8. The van der Waals surface area contributed by atoms with Crippen molar-refractivity contribution in [3.05, 3.63) is 170 Å². The van der Waals surface area contributed by atoms with Crippen LogP contribution in [0.4, 0.5) is 0 Å². The van der Waals surface area contributed by atoms with E-state index in [0.717, 1.165) is 16.6 Å². The van der Waals surface area contributed by atoms with Crippen molar-refractivity contribution in [3.8, 4) is 33.4 Å². The minimum Gasteiger partial charge on any atom is -0.456 e. The standard InChI is InChI=1S/C46H28O/c1-2-13-30(14-3-1)40-28-43-46(35-17-7-6-16-34(35)40)41-27-33(24-25-42(41)47-43)45-38-20-10-8-18-36(38)44(37-19-9-11-21-39(37)45)32-23-22-29-12-4-5-15-31(29)26-32/h1-28H. The highest BCUT2D eigenvalue weighted by molar-refractivity contribution is 6.25. The van der Waals surface area contributed by atoms with Gasteiger partial charge in [-0.2, -0.15) is 0 Å². The van der Waals surface area contributed by atoms with Gasteiger partial charge in [0.25, 0.3) is 0 Å². The summed E-state index contributed by atoms with van der Waals surface area (Å²) in [6, 6.07) is 61.5. The molecule has 0 amide bonds. The Morgan fingerprint density at radius 3 is 1.51 bits per heavy atom. The number of fused-ring (bicyclic) bond motifs is 8. The molecule has 0 unspecified atom stereocenters. The van der Waals surface area contributed by atoms with Crippen molar-refractivity contribution in [3.63, 3.8) is 0 Å². The molecule has 218 valence electrons. The molecule has 10 aromatic rings. The molecule has 47 heavy (non-hydrogen) atoms. The first-order chi connectivity index (χ1) is 23.3. The fourth-order valence-electron chi connectivity index (χ4n) is 7.75. The maximum atomic E-state index is 6.60. The number of furan rings is 1. The van der Waals surface area contributed by atoms with E-state index in [1.54, 1.807) is 0 Å². The molecule has 0 aliphatic heterocycles. The van der Waals surface area contributed by atoms with Gasteiger partial charge in [0.2, 0.25) is 0 Å². The average Bonchev–Trinajstić information content (AvgIpc) is 3.51. The van der Waals surface area contributed by atoms with Crippen LogP contribution in [-0.2, 0) is 0 Å². The number of benzene rings is 9. The minimum absolute atomic E-state index is 0.903. The molecule has 0 atom stereocenters. The van der Waals surface area contributed by atoms with Crippen molar-refractivity contribution in [1.29, 1.82) is 0 Å². The maximum absolute atomic E-state index is 6.60. The van der Waals surface area contributed by atoms with Gasteiger partial charge in [-0.05, 0) is 101 Å². The summed E-state index contributed by atoms with van der Waals surface area (Å²) in [5.41, 5.74) is 9.15. The summed E-state index contributed by atoms with van der Waals surface area (Å²) in [6.45, 7) is 0. The molecule has 0 spiro atoms. The van der Waals surface area contributed by atoms with Crippen molar-refractivity contribution >= 4 is 65.0 Å². The van der Waals surface area contributed by atoms with Gasteiger partial charge in [0.05, 0.1) is 0 Å². The highest BCUT2D eigenvalue weighted by Gasteiger charge is 2.19. The lowest BCUT2D eigenvalue weighted by Gasteiger charge is -2.18. The molecule has 1 aromatic heterocycles. The molecule has 0 N–H and O–H groups in total. The fourth-order valence-corrected chi connectivity index (χ4v) is 7.75. The minimum atomic E-state index is 0.903. The predicted molar refractivity (Wildman–Crippen MR) is 200 cm³/mol. The molecule has 0 aliphatic rings. The van der Waals surface area contributed by atoms with Crippen molar-refractivity contribution in [2.45, 2.75) is 0 Å². The van der Waals surface area contributed by atoms with E-state index in [1.807, 2.05) is 0 Å². The third-order valence-corrected chi connectivity index (χ3v) is 9.82. The molecule has 0 fully saturated rings. The quantitative estimate of drug-likeness (QED) is 0.185. The molecule has 9 aromatic carbocycles. The van der Waals surface area contributed by atoms with Gasteiger partial charge >= 0.3 is 0 Å². The van der Waals surface area contributed by atoms with Gasteiger partial charge in [-0.1, -0.05) is 146 Å². The highest BCUT2D eigenvalue weighted by Crippen LogP contribution is 2.46.